The summed E-state index contributed by atoms with van der Waals surface area (Å²) in [6.45, 7) is 0. The van der Waals surface area contributed by atoms with Crippen LogP contribution in [-0.2, 0) is 0 Å². The number of aromatic nitrogens is 4. The van der Waals surface area contributed by atoms with E-state index in [1.54, 1.807) is 0 Å². The Balaban J connectivity index is 0.928. The lowest BCUT2D eigenvalue weighted by Gasteiger charge is -2.20. The Hall–Kier alpha value is -8.86. The first-order valence-corrected chi connectivity index (χ1v) is 22.4. The van der Waals surface area contributed by atoms with Gasteiger partial charge in [0.15, 0.2) is 0 Å². The van der Waals surface area contributed by atoms with Gasteiger partial charge >= 0.3 is 0 Å². The van der Waals surface area contributed by atoms with Crippen molar-refractivity contribution in [2.24, 2.45) is 0 Å². The maximum absolute atomic E-state index is 5.12. The fourth-order valence-electron chi connectivity index (χ4n) is 9.86. The zero-order chi connectivity index (χ0) is 43.6. The molecule has 306 valence electrons. The van der Waals surface area contributed by atoms with Crippen LogP contribution in [0.4, 0.5) is 0 Å². The van der Waals surface area contributed by atoms with Crippen LogP contribution in [0.1, 0.15) is 0 Å². The molecule has 0 bridgehead atoms. The predicted molar refractivity (Wildman–Crippen MR) is 275 cm³/mol. The molecule has 0 spiro atoms. The van der Waals surface area contributed by atoms with Gasteiger partial charge in [-0.1, -0.05) is 182 Å². The van der Waals surface area contributed by atoms with Gasteiger partial charge in [0.2, 0.25) is 0 Å². The molecule has 0 amide bonds. The Bertz CT molecular complexity index is 3750. The van der Waals surface area contributed by atoms with E-state index in [2.05, 4.69) is 216 Å². The molecule has 0 fully saturated rings. The maximum atomic E-state index is 5.12. The van der Waals surface area contributed by atoms with E-state index in [1.165, 1.54) is 43.8 Å². The minimum Gasteiger partial charge on any atom is -0.254 e. The Morgan fingerprint density at radius 1 is 0.227 bits per heavy atom. The number of benzene rings is 9. The van der Waals surface area contributed by atoms with Crippen molar-refractivity contribution < 1.29 is 0 Å². The monoisotopic (exact) mass is 838 g/mol. The normalized spacial score (nSPS) is 11.6. The summed E-state index contributed by atoms with van der Waals surface area (Å²) in [6, 6.07) is 78.4. The van der Waals surface area contributed by atoms with E-state index in [9.17, 15) is 0 Å². The van der Waals surface area contributed by atoms with Gasteiger partial charge in [-0.25, -0.2) is 9.97 Å². The summed E-state index contributed by atoms with van der Waals surface area (Å²) in [6.07, 6.45) is 3.68. The number of fused-ring (bicyclic) bond motifs is 8. The van der Waals surface area contributed by atoms with Crippen LogP contribution in [0, 0.1) is 0 Å². The van der Waals surface area contributed by atoms with Gasteiger partial charge in [0, 0.05) is 45.1 Å². The Labute approximate surface area is 381 Å². The second-order valence-corrected chi connectivity index (χ2v) is 17.0. The van der Waals surface area contributed by atoms with Crippen molar-refractivity contribution in [3.63, 3.8) is 0 Å². The van der Waals surface area contributed by atoms with Crippen LogP contribution in [0.25, 0.3) is 132 Å². The minimum atomic E-state index is 0.922. The maximum Gasteiger partial charge on any atom is 0.0972 e. The number of nitrogens with zero attached hydrogens (tertiary/aromatic N) is 4. The summed E-state index contributed by atoms with van der Waals surface area (Å²) >= 11 is 0. The molecule has 0 saturated heterocycles. The third-order valence-corrected chi connectivity index (χ3v) is 13.1. The van der Waals surface area contributed by atoms with Crippen LogP contribution in [0.5, 0.6) is 0 Å². The van der Waals surface area contributed by atoms with Crippen LogP contribution in [0.2, 0.25) is 0 Å². The van der Waals surface area contributed by atoms with Gasteiger partial charge < -0.3 is 0 Å². The molecule has 0 atom stereocenters. The van der Waals surface area contributed by atoms with Gasteiger partial charge in [-0.2, -0.15) is 0 Å². The molecule has 0 saturated carbocycles. The first kappa shape index (κ1) is 37.7. The zero-order valence-electron chi connectivity index (χ0n) is 35.7. The van der Waals surface area contributed by atoms with Crippen LogP contribution < -0.4 is 0 Å². The average molecular weight is 839 g/mol. The lowest BCUT2D eigenvalue weighted by atomic mass is 9.84. The number of rotatable bonds is 6. The van der Waals surface area contributed by atoms with E-state index in [1.807, 2.05) is 24.5 Å². The molecule has 0 radical (unpaired) electrons. The van der Waals surface area contributed by atoms with E-state index in [0.717, 1.165) is 88.4 Å². The number of hydrogen-bond donors (Lipinski definition) is 0. The molecule has 0 N–H and O–H groups in total. The molecule has 66 heavy (non-hydrogen) atoms. The summed E-state index contributed by atoms with van der Waals surface area (Å²) in [5, 5.41) is 9.21. The van der Waals surface area contributed by atoms with Crippen molar-refractivity contribution >= 4 is 65.2 Å². The standard InChI is InChI=1S/C62H38N4/c1-3-9-43(10-4-1)57-51-31-27-50(40-17-21-42(22-18-40)56-34-30-48-26-24-46-14-8-36-64-60(46)62(48)66-56)38-54(51)58(44-11-5-2-6-12-44)52-32-28-49(37-53(52)57)39-15-19-41(20-16-39)55-33-29-47-25-23-45-13-7-35-63-59(45)61(47)65-55/h1-38H. The second kappa shape index (κ2) is 15.4. The molecular weight excluding hydrogens is 801 g/mol. The molecule has 13 rings (SSSR count). The van der Waals surface area contributed by atoms with Crippen LogP contribution in [0.15, 0.2) is 231 Å². The Morgan fingerprint density at radius 2 is 0.591 bits per heavy atom. The van der Waals surface area contributed by atoms with E-state index >= 15 is 0 Å². The lowest BCUT2D eigenvalue weighted by Crippen LogP contribution is -1.93. The molecule has 4 aromatic heterocycles. The van der Waals surface area contributed by atoms with Gasteiger partial charge in [0.1, 0.15) is 0 Å². The molecule has 0 aliphatic heterocycles. The SMILES string of the molecule is c1ccc(-c2c3ccc(-c4ccc(-c5ccc6ccc7cccnc7c6n5)cc4)cc3c(-c3ccccc3)c3ccc(-c4ccc(-c5ccc6ccc7cccnc7c6n5)cc4)cc23)cc1. The lowest BCUT2D eigenvalue weighted by molar-refractivity contribution is 1.37. The third-order valence-electron chi connectivity index (χ3n) is 13.1. The van der Waals surface area contributed by atoms with Crippen molar-refractivity contribution in [2.75, 3.05) is 0 Å². The van der Waals surface area contributed by atoms with Gasteiger partial charge in [-0.3, -0.25) is 9.97 Å². The number of hydrogen-bond acceptors (Lipinski definition) is 4. The van der Waals surface area contributed by atoms with E-state index in [0.29, 0.717) is 0 Å². The van der Waals surface area contributed by atoms with Crippen molar-refractivity contribution in [1.82, 2.24) is 19.9 Å². The first-order chi connectivity index (χ1) is 32.7. The van der Waals surface area contributed by atoms with Crippen molar-refractivity contribution in [3.05, 3.63) is 231 Å². The van der Waals surface area contributed by atoms with Gasteiger partial charge in [-0.05, 0) is 102 Å². The highest BCUT2D eigenvalue weighted by molar-refractivity contribution is 6.22. The van der Waals surface area contributed by atoms with Crippen molar-refractivity contribution in [1.29, 1.82) is 0 Å². The second-order valence-electron chi connectivity index (χ2n) is 17.0. The fourth-order valence-corrected chi connectivity index (χ4v) is 9.86. The van der Waals surface area contributed by atoms with E-state index < -0.39 is 0 Å². The predicted octanol–water partition coefficient (Wildman–Crippen LogP) is 16.2. The highest BCUT2D eigenvalue weighted by Gasteiger charge is 2.19. The van der Waals surface area contributed by atoms with Crippen molar-refractivity contribution in [3.8, 4) is 67.0 Å². The minimum absolute atomic E-state index is 0.922. The van der Waals surface area contributed by atoms with Gasteiger partial charge in [-0.15, -0.1) is 0 Å². The topological polar surface area (TPSA) is 51.6 Å². The largest absolute Gasteiger partial charge is 0.254 e. The molecule has 4 nitrogen and oxygen atoms in total. The van der Waals surface area contributed by atoms with Crippen LogP contribution in [0.3, 0.4) is 0 Å². The third kappa shape index (κ3) is 6.38. The van der Waals surface area contributed by atoms with Crippen LogP contribution in [-0.4, -0.2) is 19.9 Å². The molecular formula is C62H38N4. The summed E-state index contributed by atoms with van der Waals surface area (Å²) in [5.41, 5.74) is 17.1. The first-order valence-electron chi connectivity index (χ1n) is 22.4. The average Bonchev–Trinajstić information content (AvgIpc) is 3.40. The highest BCUT2D eigenvalue weighted by atomic mass is 14.8. The fraction of sp³-hybridized carbons (Fsp3) is 0. The summed E-state index contributed by atoms with van der Waals surface area (Å²) < 4.78 is 0. The highest BCUT2D eigenvalue weighted by Crippen LogP contribution is 2.46. The Morgan fingerprint density at radius 3 is 1.02 bits per heavy atom. The molecule has 9 aromatic carbocycles. The smallest absolute Gasteiger partial charge is 0.0972 e. The molecule has 0 aliphatic rings. The summed E-state index contributed by atoms with van der Waals surface area (Å²) in [4.78, 5) is 19.6. The quantitative estimate of drug-likeness (QED) is 0.124. The van der Waals surface area contributed by atoms with Gasteiger partial charge in [0.25, 0.3) is 0 Å². The Kier molecular flexibility index (Phi) is 8.81. The van der Waals surface area contributed by atoms with Crippen molar-refractivity contribution in [2.45, 2.75) is 0 Å². The molecule has 13 aromatic rings. The van der Waals surface area contributed by atoms with Crippen LogP contribution >= 0.6 is 0 Å². The molecule has 0 unspecified atom stereocenters. The summed E-state index contributed by atoms with van der Waals surface area (Å²) in [5.74, 6) is 0. The molecule has 0 aliphatic carbocycles. The number of pyridine rings is 4. The molecule has 4 heterocycles. The van der Waals surface area contributed by atoms with Gasteiger partial charge in [0.05, 0.1) is 33.5 Å². The van der Waals surface area contributed by atoms with E-state index in [-0.39, 0.29) is 0 Å². The van der Waals surface area contributed by atoms with E-state index in [4.69, 9.17) is 9.97 Å². The summed E-state index contributed by atoms with van der Waals surface area (Å²) in [7, 11) is 0. The molecule has 4 heteroatoms. The zero-order valence-corrected chi connectivity index (χ0v) is 35.7.